The van der Waals surface area contributed by atoms with Gasteiger partial charge in [-0.05, 0) is 51.3 Å². The molecule has 1 aliphatic carbocycles. The molecular formula is C26H34ClF2N5OS. The van der Waals surface area contributed by atoms with Crippen LogP contribution in [0.1, 0.15) is 74.8 Å². The molecule has 1 aliphatic heterocycles. The first-order chi connectivity index (χ1) is 17.1. The van der Waals surface area contributed by atoms with E-state index in [1.807, 2.05) is 35.9 Å². The van der Waals surface area contributed by atoms with Crippen molar-refractivity contribution in [1.29, 1.82) is 5.41 Å². The second-order valence-electron chi connectivity index (χ2n) is 10.1. The zero-order chi connectivity index (χ0) is 25.9. The maximum Gasteiger partial charge on any atom is 0.272 e. The Labute approximate surface area is 221 Å². The Bertz CT molecular complexity index is 1090. The average molecular weight is 538 g/mol. The van der Waals surface area contributed by atoms with Crippen LogP contribution in [0.4, 0.5) is 8.78 Å². The van der Waals surface area contributed by atoms with Gasteiger partial charge in [-0.15, -0.1) is 12.6 Å². The Morgan fingerprint density at radius 2 is 2.03 bits per heavy atom. The van der Waals surface area contributed by atoms with Gasteiger partial charge in [-0.2, -0.15) is 5.10 Å². The summed E-state index contributed by atoms with van der Waals surface area (Å²) in [6.07, 6.45) is 5.25. The number of nitrogens with zero attached hydrogens (tertiary/aromatic N) is 3. The van der Waals surface area contributed by atoms with Crippen LogP contribution in [0.3, 0.4) is 0 Å². The van der Waals surface area contributed by atoms with Crippen LogP contribution >= 0.6 is 24.2 Å². The van der Waals surface area contributed by atoms with Gasteiger partial charge in [0.15, 0.2) is 5.69 Å². The predicted octanol–water partition coefficient (Wildman–Crippen LogP) is 6.22. The maximum absolute atomic E-state index is 14.0. The lowest BCUT2D eigenvalue weighted by Crippen LogP contribution is -2.49. The second-order valence-corrected chi connectivity index (χ2v) is 11.1. The van der Waals surface area contributed by atoms with Crippen LogP contribution in [0.2, 0.25) is 5.02 Å². The number of hydrogen-bond donors (Lipinski definition) is 3. The number of amides is 1. The maximum atomic E-state index is 14.0. The van der Waals surface area contributed by atoms with E-state index >= 15 is 0 Å². The molecule has 1 saturated carbocycles. The van der Waals surface area contributed by atoms with E-state index in [1.165, 1.54) is 0 Å². The van der Waals surface area contributed by atoms with Gasteiger partial charge in [0.2, 0.25) is 0 Å². The largest absolute Gasteiger partial charge is 0.347 e. The minimum Gasteiger partial charge on any atom is -0.347 e. The molecule has 2 aliphatic rings. The van der Waals surface area contributed by atoms with Crippen LogP contribution in [-0.2, 0) is 0 Å². The summed E-state index contributed by atoms with van der Waals surface area (Å²) >= 11 is 10.6. The molecule has 10 heteroatoms. The van der Waals surface area contributed by atoms with E-state index < -0.39 is 12.0 Å². The Morgan fingerprint density at radius 3 is 2.69 bits per heavy atom. The summed E-state index contributed by atoms with van der Waals surface area (Å²) in [6.45, 7) is 2.22. The molecular weight excluding hydrogens is 504 g/mol. The van der Waals surface area contributed by atoms with E-state index in [9.17, 15) is 13.6 Å². The van der Waals surface area contributed by atoms with Gasteiger partial charge in [-0.1, -0.05) is 42.6 Å². The van der Waals surface area contributed by atoms with Crippen molar-refractivity contribution in [1.82, 2.24) is 20.0 Å². The molecule has 4 rings (SSSR count). The summed E-state index contributed by atoms with van der Waals surface area (Å²) in [5.41, 5.74) is 1.91. The number of nitrogens with one attached hydrogen (secondary N) is 2. The van der Waals surface area contributed by atoms with Gasteiger partial charge in [0.25, 0.3) is 11.8 Å². The SMILES string of the molecule is CC(CC(CC(=N)S)NC(=O)c1cc(-c2ccccc2Cl)n(C2CCCC2)n1)N1CCCC(F)(F)C1. The topological polar surface area (TPSA) is 74.0 Å². The summed E-state index contributed by atoms with van der Waals surface area (Å²) in [4.78, 5) is 15.1. The Balaban J connectivity index is 1.53. The van der Waals surface area contributed by atoms with Crippen molar-refractivity contribution in [3.8, 4) is 11.3 Å². The Hall–Kier alpha value is -1.97. The third-order valence-corrected chi connectivity index (χ3v) is 7.75. The highest BCUT2D eigenvalue weighted by Gasteiger charge is 2.37. The molecule has 2 heterocycles. The first-order valence-corrected chi connectivity index (χ1v) is 13.5. The minimum atomic E-state index is -2.69. The summed E-state index contributed by atoms with van der Waals surface area (Å²) in [6, 6.07) is 8.90. The molecule has 0 spiro atoms. The first kappa shape index (κ1) is 27.1. The van der Waals surface area contributed by atoms with E-state index in [0.717, 1.165) is 36.9 Å². The molecule has 2 N–H and O–H groups in total. The number of thiol groups is 1. The van der Waals surface area contributed by atoms with Crippen LogP contribution in [0.15, 0.2) is 30.3 Å². The molecule has 2 aromatic rings. The van der Waals surface area contributed by atoms with Crippen molar-refractivity contribution in [2.45, 2.75) is 82.3 Å². The third-order valence-electron chi connectivity index (χ3n) is 7.23. The number of halogens is 3. The zero-order valence-electron chi connectivity index (χ0n) is 20.5. The van der Waals surface area contributed by atoms with Gasteiger partial charge < -0.3 is 5.32 Å². The number of carbonyl (C=O) groups is 1. The number of hydrogen-bond acceptors (Lipinski definition) is 4. The van der Waals surface area contributed by atoms with Crippen molar-refractivity contribution in [3.05, 3.63) is 41.0 Å². The molecule has 2 atom stereocenters. The van der Waals surface area contributed by atoms with Gasteiger partial charge in [0.05, 0.1) is 23.3 Å². The number of piperidine rings is 1. The normalized spacial score (nSPS) is 20.2. The van der Waals surface area contributed by atoms with Gasteiger partial charge in [-0.25, -0.2) is 8.78 Å². The molecule has 1 aromatic carbocycles. The highest BCUT2D eigenvalue weighted by Crippen LogP contribution is 2.36. The molecule has 1 amide bonds. The number of carbonyl (C=O) groups excluding carboxylic acids is 1. The van der Waals surface area contributed by atoms with Crippen molar-refractivity contribution in [3.63, 3.8) is 0 Å². The standard InChI is InChI=1S/C26H34ClF2N5OS/c1-17(33-12-6-11-26(28,29)16-33)13-18(14-24(30)36)31-25(35)22-15-23(20-9-4-5-10-21(20)27)34(32-22)19-7-2-3-8-19/h4-5,9-10,15,17-19H,2-3,6-8,11-14,16H2,1H3,(H2,30,36)(H,31,35). The molecule has 36 heavy (non-hydrogen) atoms. The van der Waals surface area contributed by atoms with E-state index in [4.69, 9.17) is 22.1 Å². The quantitative estimate of drug-likeness (QED) is 0.202. The van der Waals surface area contributed by atoms with E-state index in [0.29, 0.717) is 24.4 Å². The lowest BCUT2D eigenvalue weighted by molar-refractivity contribution is -0.0745. The van der Waals surface area contributed by atoms with Crippen LogP contribution < -0.4 is 5.32 Å². The predicted molar refractivity (Wildman–Crippen MR) is 143 cm³/mol. The summed E-state index contributed by atoms with van der Waals surface area (Å²) in [5.74, 6) is -3.04. The van der Waals surface area contributed by atoms with Crippen molar-refractivity contribution in [2.24, 2.45) is 0 Å². The fourth-order valence-electron chi connectivity index (χ4n) is 5.42. The van der Waals surface area contributed by atoms with Gasteiger partial charge in [0.1, 0.15) is 0 Å². The Kier molecular flexibility index (Phi) is 8.73. The van der Waals surface area contributed by atoms with E-state index in [2.05, 4.69) is 17.9 Å². The van der Waals surface area contributed by atoms with Gasteiger partial charge >= 0.3 is 0 Å². The number of likely N-dealkylation sites (tertiary alicyclic amines) is 1. The van der Waals surface area contributed by atoms with Gasteiger partial charge in [-0.3, -0.25) is 19.8 Å². The number of benzene rings is 1. The van der Waals surface area contributed by atoms with Crippen molar-refractivity contribution in [2.75, 3.05) is 13.1 Å². The highest BCUT2D eigenvalue weighted by atomic mass is 35.5. The molecule has 0 radical (unpaired) electrons. The molecule has 1 saturated heterocycles. The van der Waals surface area contributed by atoms with Gasteiger partial charge in [0, 0.05) is 35.5 Å². The lowest BCUT2D eigenvalue weighted by atomic mass is 10.00. The number of rotatable bonds is 9. The van der Waals surface area contributed by atoms with Crippen molar-refractivity contribution >= 4 is 35.2 Å². The second kappa shape index (κ2) is 11.6. The monoisotopic (exact) mass is 537 g/mol. The molecule has 1 aromatic heterocycles. The van der Waals surface area contributed by atoms with Crippen LogP contribution in [0.25, 0.3) is 11.3 Å². The summed E-state index contributed by atoms with van der Waals surface area (Å²) < 4.78 is 29.8. The van der Waals surface area contributed by atoms with Crippen LogP contribution in [0.5, 0.6) is 0 Å². The molecule has 2 fully saturated rings. The lowest BCUT2D eigenvalue weighted by Gasteiger charge is -2.37. The minimum absolute atomic E-state index is 0.0882. The fourth-order valence-corrected chi connectivity index (χ4v) is 5.87. The fraction of sp³-hybridized carbons (Fsp3) is 0.577. The third kappa shape index (κ3) is 6.66. The van der Waals surface area contributed by atoms with Crippen LogP contribution in [-0.4, -0.2) is 56.7 Å². The van der Waals surface area contributed by atoms with Crippen molar-refractivity contribution < 1.29 is 13.6 Å². The molecule has 6 nitrogen and oxygen atoms in total. The molecule has 2 unspecified atom stereocenters. The highest BCUT2D eigenvalue weighted by molar-refractivity contribution is 7.96. The average Bonchev–Trinajstić information content (AvgIpc) is 3.48. The first-order valence-electron chi connectivity index (χ1n) is 12.7. The number of aromatic nitrogens is 2. The summed E-state index contributed by atoms with van der Waals surface area (Å²) in [5, 5.41) is 16.3. The van der Waals surface area contributed by atoms with Crippen LogP contribution in [0, 0.1) is 5.41 Å². The smallest absolute Gasteiger partial charge is 0.272 e. The summed E-state index contributed by atoms with van der Waals surface area (Å²) in [7, 11) is 0. The van der Waals surface area contributed by atoms with E-state index in [-0.39, 0.29) is 48.1 Å². The zero-order valence-corrected chi connectivity index (χ0v) is 22.2. The molecule has 196 valence electrons. The Morgan fingerprint density at radius 1 is 1.31 bits per heavy atom. The molecule has 0 bridgehead atoms. The number of alkyl halides is 2. The van der Waals surface area contributed by atoms with E-state index in [1.54, 1.807) is 11.0 Å².